The highest BCUT2D eigenvalue weighted by Gasteiger charge is 2.36. The number of hydrogen-bond acceptors (Lipinski definition) is 2. The molecule has 1 aromatic carbocycles. The molecule has 0 saturated carbocycles. The first-order valence-electron chi connectivity index (χ1n) is 6.61. The maximum atomic E-state index is 12.7. The van der Waals surface area contributed by atoms with Crippen LogP contribution in [0.5, 0.6) is 0 Å². The van der Waals surface area contributed by atoms with Crippen LogP contribution in [0, 0.1) is 0 Å². The van der Waals surface area contributed by atoms with Crippen molar-refractivity contribution in [3.05, 3.63) is 35.9 Å². The fourth-order valence-corrected chi connectivity index (χ4v) is 2.48. The van der Waals surface area contributed by atoms with Crippen LogP contribution in [-0.2, 0) is 10.2 Å². The highest BCUT2D eigenvalue weighted by Crippen LogP contribution is 2.26. The number of nitrogens with zero attached hydrogens (tertiary/aromatic N) is 1. The van der Waals surface area contributed by atoms with Crippen LogP contribution < -0.4 is 5.32 Å². The lowest BCUT2D eigenvalue weighted by molar-refractivity contribution is -0.139. The summed E-state index contributed by atoms with van der Waals surface area (Å²) in [6.07, 6.45) is 0. The van der Waals surface area contributed by atoms with Crippen molar-refractivity contribution in [2.45, 2.75) is 32.2 Å². The van der Waals surface area contributed by atoms with Gasteiger partial charge in [-0.1, -0.05) is 30.3 Å². The standard InChI is InChI=1S/C15H22N2O/c1-12-11-16-9-10-17(12)14(18)15(2,3)13-7-5-4-6-8-13/h4-8,12,16H,9-11H2,1-3H3/t12-/m1/s1. The first-order valence-corrected chi connectivity index (χ1v) is 6.61. The molecule has 0 bridgehead atoms. The van der Waals surface area contributed by atoms with Crippen molar-refractivity contribution in [3.8, 4) is 0 Å². The van der Waals surface area contributed by atoms with E-state index in [4.69, 9.17) is 0 Å². The van der Waals surface area contributed by atoms with Crippen molar-refractivity contribution in [1.82, 2.24) is 10.2 Å². The van der Waals surface area contributed by atoms with Gasteiger partial charge in [0.1, 0.15) is 0 Å². The van der Waals surface area contributed by atoms with Gasteiger partial charge in [-0.2, -0.15) is 0 Å². The number of hydrogen-bond donors (Lipinski definition) is 1. The molecule has 98 valence electrons. The molecule has 1 aliphatic heterocycles. The van der Waals surface area contributed by atoms with Gasteiger partial charge in [-0.3, -0.25) is 4.79 Å². The molecule has 3 heteroatoms. The Morgan fingerprint density at radius 1 is 1.33 bits per heavy atom. The summed E-state index contributed by atoms with van der Waals surface area (Å²) in [7, 11) is 0. The number of benzene rings is 1. The molecule has 2 rings (SSSR count). The molecule has 1 fully saturated rings. The third-order valence-corrected chi connectivity index (χ3v) is 3.79. The number of amides is 1. The Kier molecular flexibility index (Phi) is 3.71. The van der Waals surface area contributed by atoms with Crippen LogP contribution in [0.15, 0.2) is 30.3 Å². The van der Waals surface area contributed by atoms with Gasteiger partial charge in [-0.05, 0) is 26.3 Å². The summed E-state index contributed by atoms with van der Waals surface area (Å²) < 4.78 is 0. The third kappa shape index (κ3) is 2.41. The SMILES string of the molecule is C[C@@H]1CNCCN1C(=O)C(C)(C)c1ccccc1. The van der Waals surface area contributed by atoms with Crippen molar-refractivity contribution in [2.24, 2.45) is 0 Å². The summed E-state index contributed by atoms with van der Waals surface area (Å²) in [6, 6.07) is 10.3. The fraction of sp³-hybridized carbons (Fsp3) is 0.533. The van der Waals surface area contributed by atoms with E-state index >= 15 is 0 Å². The zero-order chi connectivity index (χ0) is 13.2. The Balaban J connectivity index is 2.21. The molecular formula is C15H22N2O. The number of carbonyl (C=O) groups excluding carboxylic acids is 1. The van der Waals surface area contributed by atoms with E-state index in [2.05, 4.69) is 12.2 Å². The van der Waals surface area contributed by atoms with Crippen molar-refractivity contribution in [2.75, 3.05) is 19.6 Å². The summed E-state index contributed by atoms with van der Waals surface area (Å²) in [5, 5.41) is 3.32. The van der Waals surface area contributed by atoms with Gasteiger partial charge in [-0.15, -0.1) is 0 Å². The van der Waals surface area contributed by atoms with E-state index in [0.29, 0.717) is 0 Å². The van der Waals surface area contributed by atoms with Gasteiger partial charge in [0, 0.05) is 25.7 Å². The van der Waals surface area contributed by atoms with Gasteiger partial charge in [0.15, 0.2) is 0 Å². The predicted molar refractivity (Wildman–Crippen MR) is 73.5 cm³/mol. The van der Waals surface area contributed by atoms with Gasteiger partial charge in [-0.25, -0.2) is 0 Å². The molecule has 0 aliphatic carbocycles. The number of piperazine rings is 1. The van der Waals surface area contributed by atoms with E-state index in [9.17, 15) is 4.79 Å². The average molecular weight is 246 g/mol. The molecule has 18 heavy (non-hydrogen) atoms. The van der Waals surface area contributed by atoms with Crippen LogP contribution in [0.2, 0.25) is 0 Å². The van der Waals surface area contributed by atoms with Gasteiger partial charge in [0.05, 0.1) is 5.41 Å². The molecule has 0 radical (unpaired) electrons. The summed E-state index contributed by atoms with van der Waals surface area (Å²) in [4.78, 5) is 14.7. The first-order chi connectivity index (χ1) is 8.53. The molecule has 1 aromatic rings. The Labute approximate surface area is 109 Å². The van der Waals surface area contributed by atoms with E-state index < -0.39 is 5.41 Å². The lowest BCUT2D eigenvalue weighted by Gasteiger charge is -2.39. The van der Waals surface area contributed by atoms with Crippen LogP contribution in [0.25, 0.3) is 0 Å². The smallest absolute Gasteiger partial charge is 0.232 e. The molecule has 1 N–H and O–H groups in total. The largest absolute Gasteiger partial charge is 0.337 e. The second-order valence-electron chi connectivity index (χ2n) is 5.54. The van der Waals surface area contributed by atoms with E-state index in [-0.39, 0.29) is 11.9 Å². The zero-order valence-electron chi connectivity index (χ0n) is 11.4. The summed E-state index contributed by atoms with van der Waals surface area (Å²) >= 11 is 0. The van der Waals surface area contributed by atoms with Gasteiger partial charge in [0.25, 0.3) is 0 Å². The molecular weight excluding hydrogens is 224 g/mol. The predicted octanol–water partition coefficient (Wildman–Crippen LogP) is 1.78. The molecule has 1 heterocycles. The van der Waals surface area contributed by atoms with Crippen molar-refractivity contribution in [1.29, 1.82) is 0 Å². The molecule has 1 saturated heterocycles. The van der Waals surface area contributed by atoms with Crippen molar-refractivity contribution < 1.29 is 4.79 Å². The van der Waals surface area contributed by atoms with E-state index in [1.165, 1.54) is 0 Å². The van der Waals surface area contributed by atoms with E-state index in [0.717, 1.165) is 25.2 Å². The second kappa shape index (κ2) is 5.11. The van der Waals surface area contributed by atoms with E-state index in [1.54, 1.807) is 0 Å². The molecule has 0 unspecified atom stereocenters. The summed E-state index contributed by atoms with van der Waals surface area (Å²) in [6.45, 7) is 8.71. The lowest BCUT2D eigenvalue weighted by atomic mass is 9.82. The molecule has 3 nitrogen and oxygen atoms in total. The maximum Gasteiger partial charge on any atom is 0.232 e. The molecule has 1 atom stereocenters. The monoisotopic (exact) mass is 246 g/mol. The minimum Gasteiger partial charge on any atom is -0.337 e. The van der Waals surface area contributed by atoms with Gasteiger partial charge < -0.3 is 10.2 Å². The first kappa shape index (κ1) is 13.1. The summed E-state index contributed by atoms with van der Waals surface area (Å²) in [5.74, 6) is 0.225. The van der Waals surface area contributed by atoms with Crippen LogP contribution in [0.4, 0.5) is 0 Å². The molecule has 1 amide bonds. The maximum absolute atomic E-state index is 12.7. The Bertz CT molecular complexity index is 414. The Hall–Kier alpha value is -1.35. The Morgan fingerprint density at radius 2 is 2.00 bits per heavy atom. The van der Waals surface area contributed by atoms with Crippen molar-refractivity contribution >= 4 is 5.91 Å². The molecule has 0 spiro atoms. The lowest BCUT2D eigenvalue weighted by Crippen LogP contribution is -2.56. The van der Waals surface area contributed by atoms with Gasteiger partial charge >= 0.3 is 0 Å². The topological polar surface area (TPSA) is 32.3 Å². The van der Waals surface area contributed by atoms with Crippen LogP contribution in [0.3, 0.4) is 0 Å². The normalized spacial score (nSPS) is 20.8. The fourth-order valence-electron chi connectivity index (χ4n) is 2.48. The van der Waals surface area contributed by atoms with Crippen LogP contribution in [-0.4, -0.2) is 36.5 Å². The third-order valence-electron chi connectivity index (χ3n) is 3.79. The zero-order valence-corrected chi connectivity index (χ0v) is 11.4. The van der Waals surface area contributed by atoms with Crippen molar-refractivity contribution in [3.63, 3.8) is 0 Å². The number of rotatable bonds is 2. The summed E-state index contributed by atoms with van der Waals surface area (Å²) in [5.41, 5.74) is 0.632. The van der Waals surface area contributed by atoms with Gasteiger partial charge in [0.2, 0.25) is 5.91 Å². The van der Waals surface area contributed by atoms with Crippen LogP contribution in [0.1, 0.15) is 26.3 Å². The number of nitrogens with one attached hydrogen (secondary N) is 1. The van der Waals surface area contributed by atoms with Crippen LogP contribution >= 0.6 is 0 Å². The quantitative estimate of drug-likeness (QED) is 0.863. The minimum absolute atomic E-state index is 0.225. The molecule has 1 aliphatic rings. The highest BCUT2D eigenvalue weighted by atomic mass is 16.2. The average Bonchev–Trinajstić information content (AvgIpc) is 2.39. The number of carbonyl (C=O) groups is 1. The molecule has 0 aromatic heterocycles. The van der Waals surface area contributed by atoms with E-state index in [1.807, 2.05) is 49.1 Å². The Morgan fingerprint density at radius 3 is 2.61 bits per heavy atom. The minimum atomic E-state index is -0.452. The highest BCUT2D eigenvalue weighted by molar-refractivity contribution is 5.87. The second-order valence-corrected chi connectivity index (χ2v) is 5.54.